The fraction of sp³-hybridized carbons (Fsp3) is 0.273. The summed E-state index contributed by atoms with van der Waals surface area (Å²) in [5, 5.41) is 8.17. The summed E-state index contributed by atoms with van der Waals surface area (Å²) in [4.78, 5) is 0. The first-order valence-corrected chi connectivity index (χ1v) is 6.17. The van der Waals surface area contributed by atoms with Gasteiger partial charge in [-0.25, -0.2) is 0 Å². The van der Waals surface area contributed by atoms with E-state index in [9.17, 15) is 0 Å². The second-order valence-corrected chi connectivity index (χ2v) is 4.72. The maximum Gasteiger partial charge on any atom is 0.163 e. The summed E-state index contributed by atoms with van der Waals surface area (Å²) in [5.74, 6) is 1.99. The van der Waals surface area contributed by atoms with Gasteiger partial charge in [-0.1, -0.05) is 22.0 Å². The van der Waals surface area contributed by atoms with E-state index in [0.717, 1.165) is 21.7 Å². The molecule has 0 radical (unpaired) electrons. The number of alkyl halides is 1. The summed E-state index contributed by atoms with van der Waals surface area (Å²) in [6.45, 7) is 2.05. The van der Waals surface area contributed by atoms with Crippen LogP contribution in [0.3, 0.4) is 0 Å². The van der Waals surface area contributed by atoms with Crippen LogP contribution < -0.4 is 0 Å². The Kier molecular flexibility index (Phi) is 3.30. The first-order valence-electron chi connectivity index (χ1n) is 4.84. The topological polar surface area (TPSA) is 30.7 Å². The maximum atomic E-state index is 5.76. The molecule has 0 bridgehead atoms. The van der Waals surface area contributed by atoms with Crippen molar-refractivity contribution in [1.29, 1.82) is 0 Å². The molecule has 0 atom stereocenters. The fourth-order valence-corrected chi connectivity index (χ4v) is 1.99. The van der Waals surface area contributed by atoms with E-state index in [1.54, 1.807) is 0 Å². The van der Waals surface area contributed by atoms with Gasteiger partial charge in [0.15, 0.2) is 5.82 Å². The number of benzene rings is 1. The summed E-state index contributed by atoms with van der Waals surface area (Å²) in [5.41, 5.74) is 2.22. The van der Waals surface area contributed by atoms with E-state index < -0.39 is 0 Å². The van der Waals surface area contributed by atoms with E-state index >= 15 is 0 Å². The average molecular weight is 301 g/mol. The molecule has 1 heterocycles. The van der Waals surface area contributed by atoms with E-state index in [1.807, 2.05) is 30.7 Å². The molecule has 0 aliphatic heterocycles. The molecule has 0 saturated heterocycles. The van der Waals surface area contributed by atoms with Crippen LogP contribution in [0.5, 0.6) is 0 Å². The highest BCUT2D eigenvalue weighted by Gasteiger charge is 2.10. The summed E-state index contributed by atoms with van der Waals surface area (Å²) < 4.78 is 3.01. The molecule has 2 aromatic rings. The number of nitrogens with zero attached hydrogens (tertiary/aromatic N) is 3. The lowest BCUT2D eigenvalue weighted by Gasteiger charge is -2.04. The van der Waals surface area contributed by atoms with Crippen LogP contribution in [0.15, 0.2) is 22.7 Å². The second kappa shape index (κ2) is 4.55. The van der Waals surface area contributed by atoms with Gasteiger partial charge >= 0.3 is 0 Å². The van der Waals surface area contributed by atoms with E-state index in [1.165, 1.54) is 5.56 Å². The molecule has 0 saturated carbocycles. The normalized spacial score (nSPS) is 10.8. The molecule has 5 heteroatoms. The zero-order chi connectivity index (χ0) is 11.7. The Hall–Kier alpha value is -0.870. The van der Waals surface area contributed by atoms with Crippen molar-refractivity contribution in [2.75, 3.05) is 0 Å². The first-order chi connectivity index (χ1) is 7.63. The number of rotatable bonds is 2. The Labute approximate surface area is 108 Å². The minimum Gasteiger partial charge on any atom is -0.313 e. The van der Waals surface area contributed by atoms with Crippen molar-refractivity contribution >= 4 is 27.5 Å². The van der Waals surface area contributed by atoms with E-state index in [0.29, 0.717) is 5.88 Å². The standard InChI is InChI=1S/C11H11BrClN3/c1-7-5-8(3-4-9(7)12)11-15-14-10(6-13)16(11)2/h3-5H,6H2,1-2H3. The highest BCUT2D eigenvalue weighted by molar-refractivity contribution is 9.10. The van der Waals surface area contributed by atoms with E-state index in [4.69, 9.17) is 11.6 Å². The van der Waals surface area contributed by atoms with Crippen molar-refractivity contribution in [3.05, 3.63) is 34.1 Å². The van der Waals surface area contributed by atoms with Gasteiger partial charge in [0.2, 0.25) is 0 Å². The molecule has 1 aromatic carbocycles. The predicted molar refractivity (Wildman–Crippen MR) is 68.4 cm³/mol. The molecular formula is C11H11BrClN3. The largest absolute Gasteiger partial charge is 0.313 e. The predicted octanol–water partition coefficient (Wildman–Crippen LogP) is 3.29. The fourth-order valence-electron chi connectivity index (χ4n) is 1.51. The van der Waals surface area contributed by atoms with E-state index in [-0.39, 0.29) is 0 Å². The van der Waals surface area contributed by atoms with E-state index in [2.05, 4.69) is 32.2 Å². The van der Waals surface area contributed by atoms with Crippen LogP contribution >= 0.6 is 27.5 Å². The molecule has 1 aromatic heterocycles. The molecule has 2 rings (SSSR count). The molecule has 0 unspecified atom stereocenters. The van der Waals surface area contributed by atoms with Crippen LogP contribution in [0.4, 0.5) is 0 Å². The summed E-state index contributed by atoms with van der Waals surface area (Å²) in [6.07, 6.45) is 0. The molecule has 0 N–H and O–H groups in total. The zero-order valence-electron chi connectivity index (χ0n) is 9.04. The van der Waals surface area contributed by atoms with Gasteiger partial charge in [0.1, 0.15) is 5.82 Å². The van der Waals surface area contributed by atoms with Gasteiger partial charge in [0.05, 0.1) is 5.88 Å². The van der Waals surface area contributed by atoms with Crippen molar-refractivity contribution in [1.82, 2.24) is 14.8 Å². The Morgan fingerprint density at radius 3 is 2.69 bits per heavy atom. The highest BCUT2D eigenvalue weighted by Crippen LogP contribution is 2.24. The van der Waals surface area contributed by atoms with Crippen LogP contribution in [0.25, 0.3) is 11.4 Å². The van der Waals surface area contributed by atoms with Gasteiger partial charge in [-0.05, 0) is 24.6 Å². The zero-order valence-corrected chi connectivity index (χ0v) is 11.4. The van der Waals surface area contributed by atoms with Crippen molar-refractivity contribution < 1.29 is 0 Å². The number of aryl methyl sites for hydroxylation is 1. The van der Waals surface area contributed by atoms with Gasteiger partial charge in [-0.3, -0.25) is 0 Å². The first kappa shape index (κ1) is 11.6. The minimum absolute atomic E-state index is 0.374. The Balaban J connectivity index is 2.50. The van der Waals surface area contributed by atoms with Crippen molar-refractivity contribution in [3.8, 4) is 11.4 Å². The van der Waals surface area contributed by atoms with Gasteiger partial charge < -0.3 is 4.57 Å². The third-order valence-electron chi connectivity index (χ3n) is 2.50. The van der Waals surface area contributed by atoms with Gasteiger partial charge in [0.25, 0.3) is 0 Å². The molecule has 0 aliphatic carbocycles. The van der Waals surface area contributed by atoms with Crippen molar-refractivity contribution in [2.45, 2.75) is 12.8 Å². The number of hydrogen-bond donors (Lipinski definition) is 0. The van der Waals surface area contributed by atoms with Gasteiger partial charge in [-0.2, -0.15) is 0 Å². The van der Waals surface area contributed by atoms with Crippen LogP contribution in [0.1, 0.15) is 11.4 Å². The Morgan fingerprint density at radius 1 is 1.38 bits per heavy atom. The summed E-state index contributed by atoms with van der Waals surface area (Å²) in [6, 6.07) is 6.10. The number of aromatic nitrogens is 3. The average Bonchev–Trinajstić information content (AvgIpc) is 2.64. The van der Waals surface area contributed by atoms with Crippen LogP contribution in [0, 0.1) is 6.92 Å². The third-order valence-corrected chi connectivity index (χ3v) is 3.63. The van der Waals surface area contributed by atoms with Gasteiger partial charge in [-0.15, -0.1) is 21.8 Å². The van der Waals surface area contributed by atoms with Crippen LogP contribution in [-0.2, 0) is 12.9 Å². The molecule has 0 spiro atoms. The molecular weight excluding hydrogens is 289 g/mol. The van der Waals surface area contributed by atoms with Gasteiger partial charge in [0, 0.05) is 17.1 Å². The lowest BCUT2D eigenvalue weighted by atomic mass is 10.1. The second-order valence-electron chi connectivity index (χ2n) is 3.60. The molecule has 0 amide bonds. The Morgan fingerprint density at radius 2 is 2.12 bits per heavy atom. The molecule has 16 heavy (non-hydrogen) atoms. The quantitative estimate of drug-likeness (QED) is 0.797. The minimum atomic E-state index is 0.374. The Bertz CT molecular complexity index is 522. The lowest BCUT2D eigenvalue weighted by Crippen LogP contribution is -1.97. The monoisotopic (exact) mass is 299 g/mol. The molecule has 0 fully saturated rings. The van der Waals surface area contributed by atoms with Crippen LogP contribution in [-0.4, -0.2) is 14.8 Å². The lowest BCUT2D eigenvalue weighted by molar-refractivity contribution is 0.853. The summed E-state index contributed by atoms with van der Waals surface area (Å²) >= 11 is 9.23. The SMILES string of the molecule is Cc1cc(-c2nnc(CCl)n2C)ccc1Br. The number of hydrogen-bond acceptors (Lipinski definition) is 2. The number of halogens is 2. The van der Waals surface area contributed by atoms with Crippen molar-refractivity contribution in [3.63, 3.8) is 0 Å². The third kappa shape index (κ3) is 1.99. The van der Waals surface area contributed by atoms with Crippen LogP contribution in [0.2, 0.25) is 0 Å². The molecule has 0 aliphatic rings. The molecule has 84 valence electrons. The highest BCUT2D eigenvalue weighted by atomic mass is 79.9. The maximum absolute atomic E-state index is 5.76. The summed E-state index contributed by atoms with van der Waals surface area (Å²) in [7, 11) is 1.92. The van der Waals surface area contributed by atoms with Crippen molar-refractivity contribution in [2.24, 2.45) is 7.05 Å². The smallest absolute Gasteiger partial charge is 0.163 e. The molecule has 3 nitrogen and oxygen atoms in total.